The molecule has 0 aromatic rings. The minimum atomic E-state index is 0.0330. The number of methoxy groups -OCH3 is 1. The van der Waals surface area contributed by atoms with Gasteiger partial charge in [0.05, 0.1) is 23.7 Å². The average Bonchev–Trinajstić information content (AvgIpc) is 3.33. The van der Waals surface area contributed by atoms with Crippen LogP contribution in [-0.4, -0.2) is 31.7 Å². The van der Waals surface area contributed by atoms with E-state index >= 15 is 0 Å². The topological polar surface area (TPSA) is 27.7 Å². The Morgan fingerprint density at radius 3 is 2.38 bits per heavy atom. The maximum Gasteiger partial charge on any atom is 0.166 e. The molecular weight excluding hydrogens is 300 g/mol. The van der Waals surface area contributed by atoms with Crippen LogP contribution in [0.3, 0.4) is 0 Å². The Bertz CT molecular complexity index is 693. The summed E-state index contributed by atoms with van der Waals surface area (Å²) in [4.78, 5) is 0. The van der Waals surface area contributed by atoms with E-state index in [2.05, 4.69) is 0 Å². The van der Waals surface area contributed by atoms with E-state index in [1.165, 1.54) is 25.7 Å². The summed E-state index contributed by atoms with van der Waals surface area (Å²) in [5.41, 5.74) is 0.247. The van der Waals surface area contributed by atoms with Gasteiger partial charge < -0.3 is 14.2 Å². The number of rotatable bonds is 1. The summed E-state index contributed by atoms with van der Waals surface area (Å²) in [7, 11) is 1.92. The van der Waals surface area contributed by atoms with Gasteiger partial charge in [-0.2, -0.15) is 0 Å². The molecule has 0 N–H and O–H groups in total. The van der Waals surface area contributed by atoms with Crippen LogP contribution in [-0.2, 0) is 14.2 Å². The van der Waals surface area contributed by atoms with Crippen LogP contribution in [0.25, 0.3) is 0 Å². The quantitative estimate of drug-likeness (QED) is 0.741. The maximum absolute atomic E-state index is 7.02. The van der Waals surface area contributed by atoms with Crippen LogP contribution in [0.1, 0.15) is 25.7 Å². The fourth-order valence-corrected chi connectivity index (χ4v) is 12.2. The fraction of sp³-hybridized carbons (Fsp3) is 1.00. The summed E-state index contributed by atoms with van der Waals surface area (Å²) >= 11 is 0. The van der Waals surface area contributed by atoms with Gasteiger partial charge in [0, 0.05) is 7.11 Å². The van der Waals surface area contributed by atoms with Gasteiger partial charge in [0.2, 0.25) is 0 Å². The predicted molar refractivity (Wildman–Crippen MR) is 83.6 cm³/mol. The van der Waals surface area contributed by atoms with Gasteiger partial charge in [-0.25, -0.2) is 0 Å². The van der Waals surface area contributed by atoms with Gasteiger partial charge in [0.1, 0.15) is 0 Å². The molecule has 3 heteroatoms. The summed E-state index contributed by atoms with van der Waals surface area (Å²) in [6.45, 7) is 0. The lowest BCUT2D eigenvalue weighted by molar-refractivity contribution is -0.336. The second-order valence-corrected chi connectivity index (χ2v) is 10.9. The molecule has 2 saturated heterocycles. The molecule has 10 aliphatic rings. The second-order valence-electron chi connectivity index (χ2n) is 10.9. The number of hydrogen-bond acceptors (Lipinski definition) is 3. The molecule has 3 nitrogen and oxygen atoms in total. The zero-order chi connectivity index (χ0) is 15.1. The normalized spacial score (nSPS) is 82.1. The Hall–Kier alpha value is -0.120. The Labute approximate surface area is 142 Å². The highest BCUT2D eigenvalue weighted by Gasteiger charge is 2.92. The number of ether oxygens (including phenoxy) is 3. The first-order valence-corrected chi connectivity index (χ1v) is 10.7. The Morgan fingerprint density at radius 1 is 0.708 bits per heavy atom. The van der Waals surface area contributed by atoms with E-state index in [9.17, 15) is 0 Å². The van der Waals surface area contributed by atoms with Crippen LogP contribution in [0.5, 0.6) is 0 Å². The molecule has 0 radical (unpaired) electrons. The van der Waals surface area contributed by atoms with E-state index in [1.807, 2.05) is 7.11 Å². The molecule has 9 bridgehead atoms. The average molecular weight is 326 g/mol. The Morgan fingerprint density at radius 2 is 1.50 bits per heavy atom. The van der Waals surface area contributed by atoms with Crippen LogP contribution >= 0.6 is 0 Å². The number of hydrogen-bond donors (Lipinski definition) is 0. The van der Waals surface area contributed by atoms with Crippen molar-refractivity contribution < 1.29 is 14.2 Å². The molecule has 8 aliphatic carbocycles. The summed E-state index contributed by atoms with van der Waals surface area (Å²) < 4.78 is 20.0. The molecule has 0 aromatic heterocycles. The first-order chi connectivity index (χ1) is 11.9. The molecule has 0 amide bonds. The largest absolute Gasteiger partial charge is 0.374 e. The summed E-state index contributed by atoms with van der Waals surface area (Å²) in [6.07, 6.45) is 7.15. The maximum atomic E-state index is 7.02. The van der Waals surface area contributed by atoms with Gasteiger partial charge in [-0.3, -0.25) is 0 Å². The summed E-state index contributed by atoms with van der Waals surface area (Å²) in [6, 6.07) is 0. The summed E-state index contributed by atoms with van der Waals surface area (Å²) in [5, 5.41) is 0. The molecule has 1 spiro atoms. The molecular formula is C21H26O3. The van der Waals surface area contributed by atoms with Gasteiger partial charge in [0.25, 0.3) is 0 Å². The van der Waals surface area contributed by atoms with E-state index in [-0.39, 0.29) is 11.7 Å². The molecule has 10 fully saturated rings. The van der Waals surface area contributed by atoms with Crippen LogP contribution in [0.15, 0.2) is 0 Å². The minimum absolute atomic E-state index is 0.0330. The Balaban J connectivity index is 1.41. The SMILES string of the molecule is CO[C@@H]1O[C@@H]2CC[C@@H]3[C@@H]4[C@H]5[C@H]6[C@H]7[C@H]4[C@@H]4O[C@H]8CC[C@@H]([C@H]78)[C@@H]6[C@@]14[C@@H]5[C@@H]32. The van der Waals surface area contributed by atoms with Crippen molar-refractivity contribution in [2.24, 2.45) is 70.5 Å². The first-order valence-electron chi connectivity index (χ1n) is 10.7. The van der Waals surface area contributed by atoms with Crippen LogP contribution in [0, 0.1) is 70.5 Å². The standard InChI is InChI=1S/C21H26O3/c1-22-20-21-17-7-3-5-8-10(7)13-15(17)14-12(16(13)19(21)23-8)6-2-4-9(24-20)11(6)18(14)21/h6-20H,2-5H2,1H3/t6-,7-,8-,9+,10-,11-,12+,13-,14-,15+,16-,17-,18+,19-,20+,21-/m0/s1. The van der Waals surface area contributed by atoms with E-state index in [0.29, 0.717) is 18.3 Å². The minimum Gasteiger partial charge on any atom is -0.374 e. The second kappa shape index (κ2) is 3.27. The molecule has 16 atom stereocenters. The van der Waals surface area contributed by atoms with Gasteiger partial charge in [-0.05, 0) is 90.8 Å². The van der Waals surface area contributed by atoms with Crippen molar-refractivity contribution in [3.05, 3.63) is 0 Å². The van der Waals surface area contributed by atoms with Crippen molar-refractivity contribution in [2.75, 3.05) is 7.11 Å². The van der Waals surface area contributed by atoms with Gasteiger partial charge in [0.15, 0.2) is 6.29 Å². The van der Waals surface area contributed by atoms with Crippen molar-refractivity contribution in [1.82, 2.24) is 0 Å². The predicted octanol–water partition coefficient (Wildman–Crippen LogP) is 2.55. The summed E-state index contributed by atoms with van der Waals surface area (Å²) in [5.74, 6) is 10.5. The van der Waals surface area contributed by atoms with Crippen LogP contribution in [0.4, 0.5) is 0 Å². The van der Waals surface area contributed by atoms with Gasteiger partial charge >= 0.3 is 0 Å². The van der Waals surface area contributed by atoms with Crippen LogP contribution < -0.4 is 0 Å². The molecule has 2 aliphatic heterocycles. The molecule has 0 aromatic carbocycles. The third-order valence-electron chi connectivity index (χ3n) is 11.5. The monoisotopic (exact) mass is 326 g/mol. The molecule has 0 unspecified atom stereocenters. The highest BCUT2D eigenvalue weighted by atomic mass is 16.7. The third kappa shape index (κ3) is 0.820. The van der Waals surface area contributed by atoms with Gasteiger partial charge in [-0.1, -0.05) is 0 Å². The zero-order valence-corrected chi connectivity index (χ0v) is 14.2. The van der Waals surface area contributed by atoms with E-state index in [0.717, 1.165) is 65.1 Å². The molecule has 8 saturated carbocycles. The Kier molecular flexibility index (Phi) is 1.68. The van der Waals surface area contributed by atoms with Crippen molar-refractivity contribution in [3.63, 3.8) is 0 Å². The molecule has 128 valence electrons. The van der Waals surface area contributed by atoms with Crippen molar-refractivity contribution in [3.8, 4) is 0 Å². The zero-order valence-electron chi connectivity index (χ0n) is 14.2. The van der Waals surface area contributed by atoms with Crippen molar-refractivity contribution >= 4 is 0 Å². The molecule has 2 heterocycles. The van der Waals surface area contributed by atoms with Crippen molar-refractivity contribution in [2.45, 2.75) is 50.3 Å². The van der Waals surface area contributed by atoms with Gasteiger partial charge in [-0.15, -0.1) is 0 Å². The third-order valence-corrected chi connectivity index (χ3v) is 11.5. The molecule has 10 rings (SSSR count). The van der Waals surface area contributed by atoms with Crippen molar-refractivity contribution in [1.29, 1.82) is 0 Å². The lowest BCUT2D eigenvalue weighted by Gasteiger charge is -2.60. The lowest BCUT2D eigenvalue weighted by Crippen LogP contribution is -2.66. The highest BCUT2D eigenvalue weighted by Crippen LogP contribution is 2.91. The fourth-order valence-electron chi connectivity index (χ4n) is 12.2. The van der Waals surface area contributed by atoms with E-state index in [1.54, 1.807) is 0 Å². The lowest BCUT2D eigenvalue weighted by atomic mass is 9.53. The first kappa shape index (κ1) is 12.3. The highest BCUT2D eigenvalue weighted by molar-refractivity contribution is 5.38. The smallest absolute Gasteiger partial charge is 0.166 e. The van der Waals surface area contributed by atoms with E-state index < -0.39 is 0 Å². The van der Waals surface area contributed by atoms with E-state index in [4.69, 9.17) is 14.2 Å². The molecule has 24 heavy (non-hydrogen) atoms. The van der Waals surface area contributed by atoms with Crippen LogP contribution in [0.2, 0.25) is 0 Å².